The molecule has 0 spiro atoms. The van der Waals surface area contributed by atoms with E-state index in [1.807, 2.05) is 41.8 Å². The van der Waals surface area contributed by atoms with Crippen LogP contribution in [0.3, 0.4) is 0 Å². The molecule has 0 aliphatic rings. The largest absolute Gasteiger partial charge is 0.481 e. The van der Waals surface area contributed by atoms with Crippen LogP contribution in [0.1, 0.15) is 18.5 Å². The molecule has 0 aliphatic heterocycles. The van der Waals surface area contributed by atoms with Crippen LogP contribution < -0.4 is 10.5 Å². The summed E-state index contributed by atoms with van der Waals surface area (Å²) in [6, 6.07) is 11.2. The second-order valence-electron chi connectivity index (χ2n) is 4.73. The smallest absolute Gasteiger partial charge is 0.215 e. The van der Waals surface area contributed by atoms with E-state index in [1.165, 1.54) is 0 Å². The molecule has 2 heterocycles. The number of methoxy groups -OCH3 is 1. The summed E-state index contributed by atoms with van der Waals surface area (Å²) in [6.45, 7) is 2.01. The highest BCUT2D eigenvalue weighted by atomic mass is 35.5. The summed E-state index contributed by atoms with van der Waals surface area (Å²) in [7, 11) is 1.58. The van der Waals surface area contributed by atoms with Gasteiger partial charge in [0.1, 0.15) is 5.52 Å². The molecule has 0 saturated heterocycles. The maximum Gasteiger partial charge on any atom is 0.215 e. The Labute approximate surface area is 127 Å². The van der Waals surface area contributed by atoms with Gasteiger partial charge in [-0.3, -0.25) is 4.57 Å². The standard InChI is InChI=1S/C15H15ClN4O/c1-9(10-5-3-4-6-11(10)16)20-14-12(18-15(20)17)7-8-13(19-14)21-2/h3-9H,1-2H3,(H2,17,18). The normalized spacial score (nSPS) is 12.5. The zero-order valence-corrected chi connectivity index (χ0v) is 12.5. The Morgan fingerprint density at radius 2 is 1.95 bits per heavy atom. The van der Waals surface area contributed by atoms with Gasteiger partial charge in [-0.05, 0) is 24.6 Å². The lowest BCUT2D eigenvalue weighted by atomic mass is 10.1. The van der Waals surface area contributed by atoms with Gasteiger partial charge in [0.05, 0.1) is 13.2 Å². The Morgan fingerprint density at radius 1 is 1.19 bits per heavy atom. The molecule has 1 aromatic carbocycles. The van der Waals surface area contributed by atoms with E-state index in [0.29, 0.717) is 22.5 Å². The Kier molecular flexibility index (Phi) is 3.43. The number of fused-ring (bicyclic) bond motifs is 1. The summed E-state index contributed by atoms with van der Waals surface area (Å²) in [5, 5.41) is 0.689. The number of hydrogen-bond donors (Lipinski definition) is 1. The van der Waals surface area contributed by atoms with Crippen LogP contribution in [0.4, 0.5) is 5.95 Å². The van der Waals surface area contributed by atoms with E-state index in [9.17, 15) is 0 Å². The van der Waals surface area contributed by atoms with E-state index in [4.69, 9.17) is 22.1 Å². The summed E-state index contributed by atoms with van der Waals surface area (Å²) >= 11 is 6.28. The minimum Gasteiger partial charge on any atom is -0.481 e. The highest BCUT2D eigenvalue weighted by Crippen LogP contribution is 2.30. The molecule has 2 N–H and O–H groups in total. The molecule has 21 heavy (non-hydrogen) atoms. The van der Waals surface area contributed by atoms with Gasteiger partial charge >= 0.3 is 0 Å². The third-order valence-corrected chi connectivity index (χ3v) is 3.83. The molecule has 3 rings (SSSR count). The summed E-state index contributed by atoms with van der Waals surface area (Å²) in [6.07, 6.45) is 0. The Morgan fingerprint density at radius 3 is 2.67 bits per heavy atom. The van der Waals surface area contributed by atoms with E-state index in [2.05, 4.69) is 9.97 Å². The fourth-order valence-corrected chi connectivity index (χ4v) is 2.72. The maximum atomic E-state index is 6.28. The SMILES string of the molecule is COc1ccc2nc(N)n(C(C)c3ccccc3Cl)c2n1. The van der Waals surface area contributed by atoms with Gasteiger partial charge in [-0.15, -0.1) is 0 Å². The molecule has 1 unspecified atom stereocenters. The van der Waals surface area contributed by atoms with Crippen molar-refractivity contribution >= 4 is 28.7 Å². The van der Waals surface area contributed by atoms with Crippen LogP contribution in [0.5, 0.6) is 5.88 Å². The number of nitrogen functional groups attached to an aromatic ring is 1. The third-order valence-electron chi connectivity index (χ3n) is 3.49. The number of pyridine rings is 1. The van der Waals surface area contributed by atoms with Crippen LogP contribution in [0.2, 0.25) is 5.02 Å². The fraction of sp³-hybridized carbons (Fsp3) is 0.200. The number of aromatic nitrogens is 3. The predicted octanol–water partition coefficient (Wildman–Crippen LogP) is 3.28. The molecular weight excluding hydrogens is 288 g/mol. The first-order valence-corrected chi connectivity index (χ1v) is 6.92. The van der Waals surface area contributed by atoms with Crippen molar-refractivity contribution < 1.29 is 4.74 Å². The molecule has 0 aliphatic carbocycles. The molecule has 0 saturated carbocycles. The zero-order valence-electron chi connectivity index (χ0n) is 11.7. The number of imidazole rings is 1. The van der Waals surface area contributed by atoms with Crippen molar-refractivity contribution in [2.45, 2.75) is 13.0 Å². The number of anilines is 1. The quantitative estimate of drug-likeness (QED) is 0.806. The van der Waals surface area contributed by atoms with Gasteiger partial charge in [-0.1, -0.05) is 29.8 Å². The molecule has 0 fully saturated rings. The average Bonchev–Trinajstić information content (AvgIpc) is 2.81. The average molecular weight is 303 g/mol. The highest BCUT2D eigenvalue weighted by molar-refractivity contribution is 6.31. The van der Waals surface area contributed by atoms with Crippen molar-refractivity contribution in [2.75, 3.05) is 12.8 Å². The second-order valence-corrected chi connectivity index (χ2v) is 5.14. The lowest BCUT2D eigenvalue weighted by Gasteiger charge is -2.17. The van der Waals surface area contributed by atoms with Crippen LogP contribution in [0, 0.1) is 0 Å². The molecular formula is C15H15ClN4O. The Bertz CT molecular complexity index is 799. The van der Waals surface area contributed by atoms with E-state index >= 15 is 0 Å². The van der Waals surface area contributed by atoms with Crippen molar-refractivity contribution in [1.82, 2.24) is 14.5 Å². The molecule has 2 aromatic heterocycles. The van der Waals surface area contributed by atoms with Gasteiger partial charge in [0.15, 0.2) is 5.65 Å². The topological polar surface area (TPSA) is 66.0 Å². The summed E-state index contributed by atoms with van der Waals surface area (Å²) in [5.74, 6) is 0.924. The first-order chi connectivity index (χ1) is 10.1. The minimum atomic E-state index is -0.0803. The molecule has 5 nitrogen and oxygen atoms in total. The number of nitrogens with two attached hydrogens (primary N) is 1. The number of rotatable bonds is 3. The molecule has 1 atom stereocenters. The molecule has 0 bridgehead atoms. The summed E-state index contributed by atoms with van der Waals surface area (Å²) in [4.78, 5) is 8.79. The number of halogens is 1. The van der Waals surface area contributed by atoms with E-state index < -0.39 is 0 Å². The molecule has 3 aromatic rings. The van der Waals surface area contributed by atoms with Crippen LogP contribution in [-0.4, -0.2) is 21.6 Å². The van der Waals surface area contributed by atoms with Crippen molar-refractivity contribution in [3.05, 3.63) is 47.0 Å². The molecule has 0 radical (unpaired) electrons. The number of ether oxygens (including phenoxy) is 1. The Hall–Kier alpha value is -2.27. The van der Waals surface area contributed by atoms with Crippen LogP contribution in [0.15, 0.2) is 36.4 Å². The first-order valence-electron chi connectivity index (χ1n) is 6.54. The third kappa shape index (κ3) is 2.29. The maximum absolute atomic E-state index is 6.28. The monoisotopic (exact) mass is 302 g/mol. The van der Waals surface area contributed by atoms with Crippen molar-refractivity contribution in [1.29, 1.82) is 0 Å². The van der Waals surface area contributed by atoms with Crippen molar-refractivity contribution in [3.63, 3.8) is 0 Å². The first kappa shape index (κ1) is 13.7. The summed E-state index contributed by atoms with van der Waals surface area (Å²) in [5.41, 5.74) is 8.44. The minimum absolute atomic E-state index is 0.0803. The number of hydrogen-bond acceptors (Lipinski definition) is 4. The van der Waals surface area contributed by atoms with Crippen LogP contribution in [0.25, 0.3) is 11.2 Å². The number of benzene rings is 1. The van der Waals surface area contributed by atoms with Crippen LogP contribution in [-0.2, 0) is 0 Å². The fourth-order valence-electron chi connectivity index (χ4n) is 2.42. The lowest BCUT2D eigenvalue weighted by molar-refractivity contribution is 0.399. The molecule has 108 valence electrons. The van der Waals surface area contributed by atoms with Gasteiger partial charge in [0.2, 0.25) is 11.8 Å². The van der Waals surface area contributed by atoms with Gasteiger partial charge in [0, 0.05) is 11.1 Å². The predicted molar refractivity (Wildman–Crippen MR) is 83.8 cm³/mol. The van der Waals surface area contributed by atoms with Gasteiger partial charge in [-0.2, -0.15) is 4.98 Å². The number of nitrogens with zero attached hydrogens (tertiary/aromatic N) is 3. The van der Waals surface area contributed by atoms with Crippen LogP contribution >= 0.6 is 11.6 Å². The van der Waals surface area contributed by atoms with Gasteiger partial charge in [-0.25, -0.2) is 4.98 Å². The Balaban J connectivity index is 2.19. The van der Waals surface area contributed by atoms with Gasteiger partial charge in [0.25, 0.3) is 0 Å². The van der Waals surface area contributed by atoms with E-state index in [0.717, 1.165) is 11.1 Å². The van der Waals surface area contributed by atoms with E-state index in [-0.39, 0.29) is 6.04 Å². The van der Waals surface area contributed by atoms with Crippen molar-refractivity contribution in [3.8, 4) is 5.88 Å². The zero-order chi connectivity index (χ0) is 15.0. The summed E-state index contributed by atoms with van der Waals surface area (Å²) < 4.78 is 7.04. The van der Waals surface area contributed by atoms with Crippen molar-refractivity contribution in [2.24, 2.45) is 0 Å². The second kappa shape index (κ2) is 5.26. The molecule has 0 amide bonds. The van der Waals surface area contributed by atoms with E-state index in [1.54, 1.807) is 13.2 Å². The molecule has 6 heteroatoms. The highest BCUT2D eigenvalue weighted by Gasteiger charge is 2.19. The van der Waals surface area contributed by atoms with Gasteiger partial charge < -0.3 is 10.5 Å². The lowest BCUT2D eigenvalue weighted by Crippen LogP contribution is -2.11.